The number of rotatable bonds is 8. The summed E-state index contributed by atoms with van der Waals surface area (Å²) in [5.74, 6) is 5.34. The fourth-order valence-electron chi connectivity index (χ4n) is 4.78. The van der Waals surface area contributed by atoms with E-state index in [1.165, 1.54) is 41.9 Å². The van der Waals surface area contributed by atoms with Gasteiger partial charge in [0.05, 0.1) is 6.54 Å². The number of benzene rings is 3. The van der Waals surface area contributed by atoms with Crippen molar-refractivity contribution in [2.45, 2.75) is 70.9 Å². The second-order valence-corrected chi connectivity index (χ2v) is 10.2. The monoisotopic (exact) mass is 541 g/mol. The summed E-state index contributed by atoms with van der Waals surface area (Å²) in [5, 5.41) is 3.12. The number of nitrogens with one attached hydrogen (secondary N) is 1. The molecule has 3 aromatic carbocycles. The molecule has 4 rings (SSSR count). The van der Waals surface area contributed by atoms with E-state index in [0.29, 0.717) is 5.69 Å². The number of hydrogen-bond acceptors (Lipinski definition) is 3. The Balaban J connectivity index is 1.50. The molecule has 0 radical (unpaired) electrons. The summed E-state index contributed by atoms with van der Waals surface area (Å²) in [6.45, 7) is 2.42. The molecule has 0 heterocycles. The number of anilines is 1. The average molecular weight is 542 g/mol. The molecule has 7 heteroatoms. The first-order valence-electron chi connectivity index (χ1n) is 14.0. The van der Waals surface area contributed by atoms with E-state index >= 15 is 0 Å². The Hall–Kier alpha value is -4.31. The van der Waals surface area contributed by atoms with Crippen LogP contribution in [0.25, 0.3) is 0 Å². The first kappa shape index (κ1) is 28.7. The van der Waals surface area contributed by atoms with E-state index in [0.717, 1.165) is 54.9 Å². The topological polar surface area (TPSA) is 84.7 Å². The molecule has 0 aliphatic heterocycles. The van der Waals surface area contributed by atoms with Crippen molar-refractivity contribution >= 4 is 17.8 Å². The lowest BCUT2D eigenvalue weighted by Gasteiger charge is -2.29. The van der Waals surface area contributed by atoms with Gasteiger partial charge in [0.2, 0.25) is 0 Å². The molecule has 0 unspecified atom stereocenters. The first-order valence-corrected chi connectivity index (χ1v) is 14.0. The minimum Gasteiger partial charge on any atom is -0.407 e. The maximum atomic E-state index is 14.2. The van der Waals surface area contributed by atoms with Gasteiger partial charge in [-0.05, 0) is 73.2 Å². The fraction of sp³-hybridized carbons (Fsp3) is 0.333. The molecule has 0 bridgehead atoms. The van der Waals surface area contributed by atoms with Crippen molar-refractivity contribution in [2.75, 3.05) is 4.90 Å². The summed E-state index contributed by atoms with van der Waals surface area (Å²) in [6.07, 6.45) is 7.48. The lowest BCUT2D eigenvalue weighted by atomic mass is 9.96. The molecule has 208 valence electrons. The van der Waals surface area contributed by atoms with E-state index in [4.69, 9.17) is 10.5 Å². The SMILES string of the molecule is CCCCc1ccc(C#Cc2ccc(CN(C(=O)NC3CCCCC3)c3ccc(F)c(OC(N)=O)c3)cc2)cc1. The lowest BCUT2D eigenvalue weighted by Crippen LogP contribution is -2.45. The van der Waals surface area contributed by atoms with Gasteiger partial charge in [0.1, 0.15) is 0 Å². The molecule has 40 heavy (non-hydrogen) atoms. The van der Waals surface area contributed by atoms with Crippen molar-refractivity contribution in [2.24, 2.45) is 5.73 Å². The van der Waals surface area contributed by atoms with Crippen LogP contribution in [0.5, 0.6) is 5.75 Å². The normalized spacial score (nSPS) is 13.2. The van der Waals surface area contributed by atoms with Crippen LogP contribution in [-0.4, -0.2) is 18.2 Å². The van der Waals surface area contributed by atoms with Crippen LogP contribution in [0.15, 0.2) is 66.7 Å². The number of aryl methyl sites for hydroxylation is 1. The Bertz CT molecular complexity index is 1350. The largest absolute Gasteiger partial charge is 0.410 e. The highest BCUT2D eigenvalue weighted by Gasteiger charge is 2.23. The van der Waals surface area contributed by atoms with Gasteiger partial charge in [-0.3, -0.25) is 4.90 Å². The third-order valence-electron chi connectivity index (χ3n) is 7.03. The van der Waals surface area contributed by atoms with E-state index in [9.17, 15) is 14.0 Å². The molecule has 1 aliphatic carbocycles. The molecular weight excluding hydrogens is 505 g/mol. The summed E-state index contributed by atoms with van der Waals surface area (Å²) in [4.78, 5) is 26.2. The van der Waals surface area contributed by atoms with Crippen LogP contribution in [0.4, 0.5) is 19.7 Å². The molecule has 3 amide bonds. The highest BCUT2D eigenvalue weighted by atomic mass is 19.1. The zero-order valence-corrected chi connectivity index (χ0v) is 22.9. The second-order valence-electron chi connectivity index (χ2n) is 10.2. The van der Waals surface area contributed by atoms with Crippen LogP contribution in [0.3, 0.4) is 0 Å². The van der Waals surface area contributed by atoms with Crippen LogP contribution in [0.2, 0.25) is 0 Å². The molecule has 1 saturated carbocycles. The number of hydrogen-bond donors (Lipinski definition) is 2. The molecule has 1 fully saturated rings. The maximum absolute atomic E-state index is 14.2. The molecule has 3 N–H and O–H groups in total. The van der Waals surface area contributed by atoms with Gasteiger partial charge in [0.25, 0.3) is 0 Å². The average Bonchev–Trinajstić information content (AvgIpc) is 2.96. The Morgan fingerprint density at radius 2 is 1.57 bits per heavy atom. The first-order chi connectivity index (χ1) is 19.4. The van der Waals surface area contributed by atoms with Crippen molar-refractivity contribution in [3.05, 3.63) is 94.8 Å². The molecule has 0 spiro atoms. The Kier molecular flexibility index (Phi) is 10.2. The number of urea groups is 1. The number of halogens is 1. The van der Waals surface area contributed by atoms with Gasteiger partial charge in [0, 0.05) is 28.9 Å². The number of nitrogens with zero attached hydrogens (tertiary/aromatic N) is 1. The van der Waals surface area contributed by atoms with Gasteiger partial charge in [0.15, 0.2) is 11.6 Å². The van der Waals surface area contributed by atoms with Gasteiger partial charge in [-0.15, -0.1) is 0 Å². The number of primary amides is 1. The molecule has 0 saturated heterocycles. The van der Waals surface area contributed by atoms with Crippen molar-refractivity contribution in [3.8, 4) is 17.6 Å². The molecule has 0 aromatic heterocycles. The predicted octanol–water partition coefficient (Wildman–Crippen LogP) is 7.07. The summed E-state index contributed by atoms with van der Waals surface area (Å²) in [5.41, 5.74) is 9.49. The summed E-state index contributed by atoms with van der Waals surface area (Å²) < 4.78 is 19.0. The zero-order valence-electron chi connectivity index (χ0n) is 22.9. The molecular formula is C33H36FN3O3. The minimum atomic E-state index is -1.13. The van der Waals surface area contributed by atoms with Gasteiger partial charge in [-0.2, -0.15) is 0 Å². The van der Waals surface area contributed by atoms with E-state index < -0.39 is 11.9 Å². The summed E-state index contributed by atoms with van der Waals surface area (Å²) in [6, 6.07) is 19.8. The van der Waals surface area contributed by atoms with Crippen molar-refractivity contribution in [3.63, 3.8) is 0 Å². The standard InChI is InChI=1S/C33H36FN3O3/c1-2-3-7-24-10-12-25(13-11-24)14-15-26-16-18-27(19-17-26)23-37(33(39)36-28-8-5-4-6-9-28)29-20-21-30(34)31(22-29)40-32(35)38/h10-13,16-22,28H,2-9,23H2,1H3,(H2,35,38)(H,36,39). The van der Waals surface area contributed by atoms with E-state index in [1.54, 1.807) is 0 Å². The Labute approximate surface area is 235 Å². The number of unbranched alkanes of at least 4 members (excludes halogenated alkanes) is 1. The van der Waals surface area contributed by atoms with Gasteiger partial charge in [-0.25, -0.2) is 14.0 Å². The number of ether oxygens (including phenoxy) is 1. The van der Waals surface area contributed by atoms with Crippen LogP contribution in [-0.2, 0) is 13.0 Å². The van der Waals surface area contributed by atoms with Crippen molar-refractivity contribution in [1.29, 1.82) is 0 Å². The number of carbonyl (C=O) groups excluding carboxylic acids is 2. The molecule has 0 atom stereocenters. The van der Waals surface area contributed by atoms with E-state index in [-0.39, 0.29) is 24.4 Å². The molecule has 6 nitrogen and oxygen atoms in total. The highest BCUT2D eigenvalue weighted by molar-refractivity contribution is 5.92. The third-order valence-corrected chi connectivity index (χ3v) is 7.03. The number of carbonyl (C=O) groups is 2. The van der Waals surface area contributed by atoms with Gasteiger partial charge in [-0.1, -0.05) is 68.7 Å². The smallest absolute Gasteiger partial charge is 0.407 e. The highest BCUT2D eigenvalue weighted by Crippen LogP contribution is 2.27. The Morgan fingerprint density at radius 1 is 0.950 bits per heavy atom. The third kappa shape index (κ3) is 8.34. The maximum Gasteiger partial charge on any atom is 0.410 e. The van der Waals surface area contributed by atoms with Crippen molar-refractivity contribution < 1.29 is 18.7 Å². The quantitative estimate of drug-likeness (QED) is 0.299. The van der Waals surface area contributed by atoms with Gasteiger partial charge < -0.3 is 15.8 Å². The minimum absolute atomic E-state index is 0.0869. The van der Waals surface area contributed by atoms with Crippen LogP contribution in [0.1, 0.15) is 74.1 Å². The number of amides is 3. The van der Waals surface area contributed by atoms with Crippen LogP contribution in [0, 0.1) is 17.7 Å². The predicted molar refractivity (Wildman–Crippen MR) is 156 cm³/mol. The second kappa shape index (κ2) is 14.2. The summed E-state index contributed by atoms with van der Waals surface area (Å²) >= 11 is 0. The fourth-order valence-corrected chi connectivity index (χ4v) is 4.78. The summed E-state index contributed by atoms with van der Waals surface area (Å²) in [7, 11) is 0. The lowest BCUT2D eigenvalue weighted by molar-refractivity contribution is 0.208. The Morgan fingerprint density at radius 3 is 2.17 bits per heavy atom. The van der Waals surface area contributed by atoms with E-state index in [2.05, 4.69) is 36.2 Å². The van der Waals surface area contributed by atoms with E-state index in [1.807, 2.05) is 36.4 Å². The number of nitrogens with two attached hydrogens (primary N) is 1. The molecule has 1 aliphatic rings. The zero-order chi connectivity index (χ0) is 28.3. The van der Waals surface area contributed by atoms with Crippen molar-refractivity contribution in [1.82, 2.24) is 5.32 Å². The van der Waals surface area contributed by atoms with Gasteiger partial charge >= 0.3 is 12.1 Å². The van der Waals surface area contributed by atoms with Crippen LogP contribution >= 0.6 is 0 Å². The van der Waals surface area contributed by atoms with Crippen LogP contribution < -0.4 is 20.7 Å². The molecule has 3 aromatic rings.